The Bertz CT molecular complexity index is 294. The van der Waals surface area contributed by atoms with E-state index in [1.807, 2.05) is 32.9 Å². The third-order valence-corrected chi connectivity index (χ3v) is 1.99. The zero-order valence-electron chi connectivity index (χ0n) is 9.41. The van der Waals surface area contributed by atoms with Gasteiger partial charge in [0.15, 0.2) is 0 Å². The molecule has 1 aromatic heterocycles. The lowest BCUT2D eigenvalue weighted by molar-refractivity contribution is -0.120. The molecule has 0 fully saturated rings. The molecule has 1 amide bonds. The summed E-state index contributed by atoms with van der Waals surface area (Å²) in [5, 5.41) is 5.90. The van der Waals surface area contributed by atoms with E-state index in [0.717, 1.165) is 5.76 Å². The molecule has 0 saturated heterocycles. The van der Waals surface area contributed by atoms with E-state index in [1.54, 1.807) is 6.26 Å². The van der Waals surface area contributed by atoms with Crippen molar-refractivity contribution >= 4 is 5.91 Å². The molecule has 1 aromatic rings. The number of carbonyl (C=O) groups is 1. The van der Waals surface area contributed by atoms with Gasteiger partial charge in [-0.25, -0.2) is 0 Å². The van der Waals surface area contributed by atoms with Crippen molar-refractivity contribution in [2.24, 2.45) is 0 Å². The summed E-state index contributed by atoms with van der Waals surface area (Å²) in [7, 11) is 0. The van der Waals surface area contributed by atoms with Gasteiger partial charge in [-0.15, -0.1) is 0 Å². The molecular weight excluding hydrogens is 192 g/mol. The summed E-state index contributed by atoms with van der Waals surface area (Å²) in [6, 6.07) is 3.95. The van der Waals surface area contributed by atoms with Crippen LogP contribution in [0.2, 0.25) is 0 Å². The van der Waals surface area contributed by atoms with Gasteiger partial charge in [-0.2, -0.15) is 0 Å². The lowest BCUT2D eigenvalue weighted by Gasteiger charge is -2.12. The molecule has 2 N–H and O–H groups in total. The van der Waals surface area contributed by atoms with Crippen molar-refractivity contribution in [3.63, 3.8) is 0 Å². The summed E-state index contributed by atoms with van der Waals surface area (Å²) < 4.78 is 5.21. The Kier molecular flexibility index (Phi) is 4.37. The monoisotopic (exact) mass is 210 g/mol. The summed E-state index contributed by atoms with van der Waals surface area (Å²) in [4.78, 5) is 11.3. The fourth-order valence-corrected chi connectivity index (χ4v) is 1.26. The summed E-state index contributed by atoms with van der Waals surface area (Å²) in [6.07, 6.45) is 1.63. The number of amides is 1. The minimum Gasteiger partial charge on any atom is -0.468 e. The maximum absolute atomic E-state index is 11.3. The van der Waals surface area contributed by atoms with E-state index in [-0.39, 0.29) is 18.0 Å². The van der Waals surface area contributed by atoms with Crippen LogP contribution in [-0.4, -0.2) is 18.5 Å². The van der Waals surface area contributed by atoms with Crippen molar-refractivity contribution in [3.05, 3.63) is 24.2 Å². The van der Waals surface area contributed by atoms with Gasteiger partial charge in [0.25, 0.3) is 0 Å². The van der Waals surface area contributed by atoms with Gasteiger partial charge in [0, 0.05) is 6.04 Å². The molecule has 0 radical (unpaired) electrons. The van der Waals surface area contributed by atoms with E-state index in [0.29, 0.717) is 6.54 Å². The Morgan fingerprint density at radius 2 is 2.20 bits per heavy atom. The molecule has 0 aliphatic heterocycles. The molecule has 1 rings (SSSR count). The number of hydrogen-bond donors (Lipinski definition) is 2. The van der Waals surface area contributed by atoms with E-state index in [4.69, 9.17) is 4.42 Å². The first-order chi connectivity index (χ1) is 7.09. The SMILES string of the molecule is CC(C)NC(=O)CN[C@@H](C)c1ccco1. The fourth-order valence-electron chi connectivity index (χ4n) is 1.26. The number of furan rings is 1. The first-order valence-corrected chi connectivity index (χ1v) is 5.15. The molecule has 84 valence electrons. The molecule has 4 heteroatoms. The molecule has 0 bridgehead atoms. The van der Waals surface area contributed by atoms with Gasteiger partial charge in [0.1, 0.15) is 5.76 Å². The highest BCUT2D eigenvalue weighted by Gasteiger charge is 2.09. The highest BCUT2D eigenvalue weighted by Crippen LogP contribution is 2.11. The van der Waals surface area contributed by atoms with Gasteiger partial charge >= 0.3 is 0 Å². The average Bonchev–Trinajstić information content (AvgIpc) is 2.65. The van der Waals surface area contributed by atoms with Gasteiger partial charge in [-0.1, -0.05) is 0 Å². The Labute approximate surface area is 90.0 Å². The standard InChI is InChI=1S/C11H18N2O2/c1-8(2)13-11(14)7-12-9(3)10-5-4-6-15-10/h4-6,8-9,12H,7H2,1-3H3,(H,13,14)/t9-/m0/s1. The van der Waals surface area contributed by atoms with E-state index in [9.17, 15) is 4.79 Å². The van der Waals surface area contributed by atoms with Crippen LogP contribution in [0.25, 0.3) is 0 Å². The van der Waals surface area contributed by atoms with Gasteiger partial charge in [0.05, 0.1) is 18.8 Å². The summed E-state index contributed by atoms with van der Waals surface area (Å²) in [5.74, 6) is 0.843. The van der Waals surface area contributed by atoms with Crippen LogP contribution < -0.4 is 10.6 Å². The van der Waals surface area contributed by atoms with Gasteiger partial charge in [-0.05, 0) is 32.9 Å². The number of rotatable bonds is 5. The maximum Gasteiger partial charge on any atom is 0.234 e. The molecule has 0 aliphatic rings. The van der Waals surface area contributed by atoms with Crippen molar-refractivity contribution in [1.82, 2.24) is 10.6 Å². The molecule has 1 heterocycles. The summed E-state index contributed by atoms with van der Waals surface area (Å²) in [5.41, 5.74) is 0. The Hall–Kier alpha value is -1.29. The van der Waals surface area contributed by atoms with Gasteiger partial charge < -0.3 is 9.73 Å². The van der Waals surface area contributed by atoms with Crippen LogP contribution >= 0.6 is 0 Å². The van der Waals surface area contributed by atoms with Crippen molar-refractivity contribution in [3.8, 4) is 0 Å². The van der Waals surface area contributed by atoms with E-state index >= 15 is 0 Å². The fraction of sp³-hybridized carbons (Fsp3) is 0.545. The van der Waals surface area contributed by atoms with Crippen LogP contribution in [0.5, 0.6) is 0 Å². The molecule has 4 nitrogen and oxygen atoms in total. The maximum atomic E-state index is 11.3. The molecule has 1 atom stereocenters. The minimum atomic E-state index is 0.00315. The number of carbonyl (C=O) groups excluding carboxylic acids is 1. The summed E-state index contributed by atoms with van der Waals surface area (Å²) >= 11 is 0. The van der Waals surface area contributed by atoms with Crippen molar-refractivity contribution in [1.29, 1.82) is 0 Å². The van der Waals surface area contributed by atoms with E-state index < -0.39 is 0 Å². The van der Waals surface area contributed by atoms with Gasteiger partial charge in [-0.3, -0.25) is 10.1 Å². The lowest BCUT2D eigenvalue weighted by atomic mass is 10.2. The third kappa shape index (κ3) is 4.16. The van der Waals surface area contributed by atoms with Crippen LogP contribution in [0.4, 0.5) is 0 Å². The zero-order valence-corrected chi connectivity index (χ0v) is 9.41. The highest BCUT2D eigenvalue weighted by molar-refractivity contribution is 5.78. The Morgan fingerprint density at radius 1 is 1.47 bits per heavy atom. The van der Waals surface area contributed by atoms with E-state index in [2.05, 4.69) is 10.6 Å². The van der Waals surface area contributed by atoms with Crippen LogP contribution in [0.15, 0.2) is 22.8 Å². The highest BCUT2D eigenvalue weighted by atomic mass is 16.3. The predicted octanol–water partition coefficient (Wildman–Crippen LogP) is 1.45. The second-order valence-electron chi connectivity index (χ2n) is 3.84. The Balaban J connectivity index is 2.28. The molecule has 0 spiro atoms. The number of nitrogens with one attached hydrogen (secondary N) is 2. The van der Waals surface area contributed by atoms with Crippen molar-refractivity contribution in [2.45, 2.75) is 32.9 Å². The molecule has 15 heavy (non-hydrogen) atoms. The quantitative estimate of drug-likeness (QED) is 0.773. The van der Waals surface area contributed by atoms with Crippen molar-refractivity contribution < 1.29 is 9.21 Å². The predicted molar refractivity (Wildman–Crippen MR) is 58.4 cm³/mol. The largest absolute Gasteiger partial charge is 0.468 e. The topological polar surface area (TPSA) is 54.3 Å². The second kappa shape index (κ2) is 5.56. The zero-order chi connectivity index (χ0) is 11.3. The molecule has 0 aliphatic carbocycles. The molecule has 0 saturated carbocycles. The second-order valence-corrected chi connectivity index (χ2v) is 3.84. The number of hydrogen-bond acceptors (Lipinski definition) is 3. The van der Waals surface area contributed by atoms with Crippen LogP contribution in [0.1, 0.15) is 32.6 Å². The normalized spacial score (nSPS) is 12.8. The molecular formula is C11H18N2O2. The average molecular weight is 210 g/mol. The first-order valence-electron chi connectivity index (χ1n) is 5.15. The van der Waals surface area contributed by atoms with E-state index in [1.165, 1.54) is 0 Å². The van der Waals surface area contributed by atoms with Crippen LogP contribution in [0.3, 0.4) is 0 Å². The lowest BCUT2D eigenvalue weighted by Crippen LogP contribution is -2.38. The van der Waals surface area contributed by atoms with Crippen LogP contribution in [-0.2, 0) is 4.79 Å². The minimum absolute atomic E-state index is 0.00315. The smallest absolute Gasteiger partial charge is 0.234 e. The van der Waals surface area contributed by atoms with Crippen LogP contribution in [0, 0.1) is 0 Å². The molecule has 0 aromatic carbocycles. The molecule has 0 unspecified atom stereocenters. The third-order valence-electron chi connectivity index (χ3n) is 1.99. The van der Waals surface area contributed by atoms with Crippen molar-refractivity contribution in [2.75, 3.05) is 6.54 Å². The Morgan fingerprint density at radius 3 is 2.73 bits per heavy atom. The van der Waals surface area contributed by atoms with Gasteiger partial charge in [0.2, 0.25) is 5.91 Å². The first kappa shape index (κ1) is 11.8. The summed E-state index contributed by atoms with van der Waals surface area (Å²) in [6.45, 7) is 6.14.